The number of carbonyl (C=O) groups excluding carboxylic acids is 1. The molecule has 0 heterocycles. The number of hydrogen-bond donors (Lipinski definition) is 1. The van der Waals surface area contributed by atoms with E-state index in [1.807, 2.05) is 0 Å². The predicted molar refractivity (Wildman–Crippen MR) is 93.0 cm³/mol. The van der Waals surface area contributed by atoms with Crippen molar-refractivity contribution in [3.8, 4) is 0 Å². The van der Waals surface area contributed by atoms with Crippen molar-refractivity contribution in [3.63, 3.8) is 0 Å². The van der Waals surface area contributed by atoms with E-state index in [0.717, 1.165) is 32.1 Å². The Morgan fingerprint density at radius 3 is 1.77 bits per heavy atom. The smallest absolute Gasteiger partial charge is 0.305 e. The molecule has 0 rings (SSSR count). The van der Waals surface area contributed by atoms with Gasteiger partial charge < -0.3 is 9.84 Å². The van der Waals surface area contributed by atoms with Gasteiger partial charge in [0.25, 0.3) is 0 Å². The summed E-state index contributed by atoms with van der Waals surface area (Å²) in [4.78, 5) is 10.9. The molecule has 0 aromatic rings. The van der Waals surface area contributed by atoms with Gasteiger partial charge in [-0.1, -0.05) is 77.6 Å². The first-order valence-electron chi connectivity index (χ1n) is 9.45. The van der Waals surface area contributed by atoms with Crippen molar-refractivity contribution in [2.75, 3.05) is 7.11 Å². The van der Waals surface area contributed by atoms with Crippen LogP contribution in [0.15, 0.2) is 0 Å². The number of ether oxygens (including phenoxy) is 1. The van der Waals surface area contributed by atoms with Crippen LogP contribution < -0.4 is 0 Å². The van der Waals surface area contributed by atoms with Crippen LogP contribution in [-0.4, -0.2) is 24.3 Å². The third-order valence-corrected chi connectivity index (χ3v) is 4.29. The molecule has 3 nitrogen and oxygen atoms in total. The van der Waals surface area contributed by atoms with E-state index in [4.69, 9.17) is 0 Å². The number of hydrogen-bond acceptors (Lipinski definition) is 3. The van der Waals surface area contributed by atoms with Gasteiger partial charge in [0, 0.05) is 6.42 Å². The van der Waals surface area contributed by atoms with Gasteiger partial charge in [0.05, 0.1) is 13.2 Å². The van der Waals surface area contributed by atoms with Gasteiger partial charge in [-0.15, -0.1) is 0 Å². The van der Waals surface area contributed by atoms with E-state index in [2.05, 4.69) is 11.7 Å². The number of aliphatic hydroxyl groups is 1. The number of aliphatic hydroxyl groups excluding tert-OH is 1. The first-order valence-corrected chi connectivity index (χ1v) is 9.45. The maximum Gasteiger partial charge on any atom is 0.305 e. The van der Waals surface area contributed by atoms with E-state index in [-0.39, 0.29) is 12.1 Å². The molecule has 1 atom stereocenters. The Morgan fingerprint density at radius 2 is 1.27 bits per heavy atom. The van der Waals surface area contributed by atoms with Crippen molar-refractivity contribution in [3.05, 3.63) is 0 Å². The van der Waals surface area contributed by atoms with Crippen molar-refractivity contribution < 1.29 is 14.6 Å². The molecule has 0 saturated carbocycles. The van der Waals surface area contributed by atoms with E-state index < -0.39 is 0 Å². The molecule has 3 heteroatoms. The largest absolute Gasteiger partial charge is 0.469 e. The summed E-state index contributed by atoms with van der Waals surface area (Å²) in [6.45, 7) is 2.22. The predicted octanol–water partition coefficient (Wildman–Crippen LogP) is 5.39. The molecule has 132 valence electrons. The highest BCUT2D eigenvalue weighted by Gasteiger charge is 2.03. The minimum absolute atomic E-state index is 0.0739. The molecule has 0 fully saturated rings. The van der Waals surface area contributed by atoms with Crippen molar-refractivity contribution in [1.29, 1.82) is 0 Å². The summed E-state index contributed by atoms with van der Waals surface area (Å²) < 4.78 is 4.62. The quantitative estimate of drug-likeness (QED) is 0.307. The highest BCUT2D eigenvalue weighted by Crippen LogP contribution is 2.14. The molecule has 0 amide bonds. The molecule has 0 radical (unpaired) electrons. The van der Waals surface area contributed by atoms with Crippen LogP contribution in [0, 0.1) is 0 Å². The Balaban J connectivity index is 3.14. The molecular weight excluding hydrogens is 276 g/mol. The van der Waals surface area contributed by atoms with E-state index in [9.17, 15) is 9.90 Å². The molecule has 0 aromatic heterocycles. The summed E-state index contributed by atoms with van der Waals surface area (Å²) >= 11 is 0. The van der Waals surface area contributed by atoms with Gasteiger partial charge in [-0.25, -0.2) is 0 Å². The van der Waals surface area contributed by atoms with Gasteiger partial charge >= 0.3 is 5.97 Å². The first kappa shape index (κ1) is 21.4. The zero-order valence-electron chi connectivity index (χ0n) is 14.9. The van der Waals surface area contributed by atoms with Crippen LogP contribution >= 0.6 is 0 Å². The zero-order valence-corrected chi connectivity index (χ0v) is 14.9. The maximum atomic E-state index is 10.9. The molecule has 0 aliphatic rings. The Hall–Kier alpha value is -0.570. The molecule has 0 spiro atoms. The standard InChI is InChI=1S/C19H38O3/c1-3-4-5-12-15-18(20)16-13-10-8-6-7-9-11-14-17-19(21)22-2/h18,20H,3-17H2,1-2H3/t18-/m0/s1. The lowest BCUT2D eigenvalue weighted by atomic mass is 10.0. The summed E-state index contributed by atoms with van der Waals surface area (Å²) in [7, 11) is 1.45. The second-order valence-electron chi connectivity index (χ2n) is 6.45. The molecule has 22 heavy (non-hydrogen) atoms. The second-order valence-corrected chi connectivity index (χ2v) is 6.45. The molecular formula is C19H38O3. The second kappa shape index (κ2) is 16.8. The van der Waals surface area contributed by atoms with Crippen LogP contribution in [0.3, 0.4) is 0 Å². The number of esters is 1. The zero-order chi connectivity index (χ0) is 16.5. The van der Waals surface area contributed by atoms with Crippen LogP contribution in [0.25, 0.3) is 0 Å². The number of unbranched alkanes of at least 4 members (excludes halogenated alkanes) is 10. The third-order valence-electron chi connectivity index (χ3n) is 4.29. The van der Waals surface area contributed by atoms with E-state index in [1.165, 1.54) is 64.9 Å². The lowest BCUT2D eigenvalue weighted by Gasteiger charge is -2.10. The fourth-order valence-electron chi connectivity index (χ4n) is 2.76. The molecule has 0 bridgehead atoms. The topological polar surface area (TPSA) is 46.5 Å². The van der Waals surface area contributed by atoms with E-state index >= 15 is 0 Å². The number of rotatable bonds is 16. The van der Waals surface area contributed by atoms with Crippen LogP contribution in [-0.2, 0) is 9.53 Å². The summed E-state index contributed by atoms with van der Waals surface area (Å²) in [5, 5.41) is 9.88. The lowest BCUT2D eigenvalue weighted by molar-refractivity contribution is -0.140. The molecule has 0 unspecified atom stereocenters. The maximum absolute atomic E-state index is 10.9. The van der Waals surface area contributed by atoms with Crippen LogP contribution in [0.2, 0.25) is 0 Å². The van der Waals surface area contributed by atoms with E-state index in [1.54, 1.807) is 0 Å². The average molecular weight is 315 g/mol. The minimum Gasteiger partial charge on any atom is -0.469 e. The van der Waals surface area contributed by atoms with Gasteiger partial charge in [-0.05, 0) is 19.3 Å². The average Bonchev–Trinajstić information content (AvgIpc) is 2.53. The van der Waals surface area contributed by atoms with Gasteiger partial charge in [0.15, 0.2) is 0 Å². The first-order chi connectivity index (χ1) is 10.7. The molecule has 1 N–H and O–H groups in total. The summed E-state index contributed by atoms with van der Waals surface area (Å²) in [5.74, 6) is -0.0896. The van der Waals surface area contributed by atoms with Crippen molar-refractivity contribution >= 4 is 5.97 Å². The third kappa shape index (κ3) is 15.8. The Morgan fingerprint density at radius 1 is 0.818 bits per heavy atom. The highest BCUT2D eigenvalue weighted by atomic mass is 16.5. The Bertz CT molecular complexity index is 241. The highest BCUT2D eigenvalue weighted by molar-refractivity contribution is 5.68. The van der Waals surface area contributed by atoms with Crippen molar-refractivity contribution in [2.45, 2.75) is 109 Å². The minimum atomic E-state index is -0.0896. The molecule has 0 saturated heterocycles. The lowest BCUT2D eigenvalue weighted by Crippen LogP contribution is -2.05. The molecule has 0 aromatic carbocycles. The van der Waals surface area contributed by atoms with Gasteiger partial charge in [-0.2, -0.15) is 0 Å². The molecule has 0 aliphatic heterocycles. The number of carbonyl (C=O) groups is 1. The van der Waals surface area contributed by atoms with Gasteiger partial charge in [0.2, 0.25) is 0 Å². The summed E-state index contributed by atoms with van der Waals surface area (Å²) in [6.07, 6.45) is 17.0. The van der Waals surface area contributed by atoms with Crippen LogP contribution in [0.1, 0.15) is 103 Å². The van der Waals surface area contributed by atoms with Crippen LogP contribution in [0.4, 0.5) is 0 Å². The number of methoxy groups -OCH3 is 1. The van der Waals surface area contributed by atoms with Gasteiger partial charge in [-0.3, -0.25) is 4.79 Å². The monoisotopic (exact) mass is 314 g/mol. The SMILES string of the molecule is CCCCCC[C@H](O)CCCCCCCCCCC(=O)OC. The summed E-state index contributed by atoms with van der Waals surface area (Å²) in [5.41, 5.74) is 0. The summed E-state index contributed by atoms with van der Waals surface area (Å²) in [6, 6.07) is 0. The van der Waals surface area contributed by atoms with Crippen LogP contribution in [0.5, 0.6) is 0 Å². The Labute approximate surface area is 137 Å². The van der Waals surface area contributed by atoms with Crippen molar-refractivity contribution in [1.82, 2.24) is 0 Å². The van der Waals surface area contributed by atoms with Crippen molar-refractivity contribution in [2.24, 2.45) is 0 Å². The van der Waals surface area contributed by atoms with Gasteiger partial charge in [0.1, 0.15) is 0 Å². The fourth-order valence-corrected chi connectivity index (χ4v) is 2.76. The normalized spacial score (nSPS) is 12.3. The fraction of sp³-hybridized carbons (Fsp3) is 0.947. The molecule has 0 aliphatic carbocycles. The Kier molecular flexibility index (Phi) is 16.4. The van der Waals surface area contributed by atoms with E-state index in [0.29, 0.717) is 6.42 Å².